The van der Waals surface area contributed by atoms with Gasteiger partial charge in [-0.15, -0.1) is 11.3 Å². The van der Waals surface area contributed by atoms with E-state index in [-0.39, 0.29) is 5.91 Å². The number of H-pyrrole nitrogens is 1. The zero-order valence-corrected chi connectivity index (χ0v) is 14.4. The van der Waals surface area contributed by atoms with Gasteiger partial charge in [-0.05, 0) is 11.6 Å². The van der Waals surface area contributed by atoms with Gasteiger partial charge in [-0.2, -0.15) is 5.10 Å². The lowest BCUT2D eigenvalue weighted by molar-refractivity contribution is 0.0422. The molecule has 25 heavy (non-hydrogen) atoms. The van der Waals surface area contributed by atoms with Crippen LogP contribution in [0.25, 0.3) is 10.4 Å². The summed E-state index contributed by atoms with van der Waals surface area (Å²) < 4.78 is 15.2. The fraction of sp³-hybridized carbons (Fsp3) is 0.263. The third kappa shape index (κ3) is 3.09. The molecular formula is C19H18FN3OS. The van der Waals surface area contributed by atoms with E-state index in [4.69, 9.17) is 0 Å². The smallest absolute Gasteiger partial charge is 0.254 e. The summed E-state index contributed by atoms with van der Waals surface area (Å²) in [6.45, 7) is 0.863. The van der Waals surface area contributed by atoms with Gasteiger partial charge in [-0.25, -0.2) is 4.39 Å². The summed E-state index contributed by atoms with van der Waals surface area (Å²) in [6.07, 6.45) is 4.21. The average Bonchev–Trinajstić information content (AvgIpc) is 3.34. The van der Waals surface area contributed by atoms with E-state index in [0.29, 0.717) is 37.1 Å². The van der Waals surface area contributed by atoms with Crippen molar-refractivity contribution in [3.8, 4) is 10.4 Å². The number of halogens is 1. The van der Waals surface area contributed by atoms with E-state index in [2.05, 4.69) is 10.2 Å². The van der Waals surface area contributed by atoms with Gasteiger partial charge in [-0.3, -0.25) is 9.89 Å². The fourth-order valence-electron chi connectivity index (χ4n) is 3.26. The number of alkyl halides is 1. The Morgan fingerprint density at radius 3 is 2.68 bits per heavy atom. The van der Waals surface area contributed by atoms with Crippen LogP contribution in [0.2, 0.25) is 0 Å². The molecule has 1 aliphatic rings. The number of carbonyl (C=O) groups is 1. The molecule has 0 atom stereocenters. The Labute approximate surface area is 149 Å². The molecule has 128 valence electrons. The monoisotopic (exact) mass is 355 g/mol. The number of nitrogens with zero attached hydrogens (tertiary/aromatic N) is 2. The second-order valence-corrected chi connectivity index (χ2v) is 7.22. The summed E-state index contributed by atoms with van der Waals surface area (Å²) >= 11 is 1.51. The highest BCUT2D eigenvalue weighted by molar-refractivity contribution is 7.13. The van der Waals surface area contributed by atoms with Crippen molar-refractivity contribution < 1.29 is 9.18 Å². The van der Waals surface area contributed by atoms with Gasteiger partial charge >= 0.3 is 0 Å². The summed E-state index contributed by atoms with van der Waals surface area (Å²) in [6, 6.07) is 11.1. The Morgan fingerprint density at radius 1 is 1.24 bits per heavy atom. The largest absolute Gasteiger partial charge is 0.338 e. The van der Waals surface area contributed by atoms with Crippen LogP contribution in [0.15, 0.2) is 54.2 Å². The van der Waals surface area contributed by atoms with Crippen molar-refractivity contribution in [3.05, 3.63) is 65.3 Å². The molecule has 0 saturated carbocycles. The van der Waals surface area contributed by atoms with Crippen LogP contribution in [-0.2, 0) is 5.67 Å². The molecule has 0 spiro atoms. The summed E-state index contributed by atoms with van der Waals surface area (Å²) in [4.78, 5) is 15.5. The molecular weight excluding hydrogens is 337 g/mol. The van der Waals surface area contributed by atoms with Crippen molar-refractivity contribution in [2.24, 2.45) is 0 Å². The van der Waals surface area contributed by atoms with Gasteiger partial charge in [0.1, 0.15) is 5.67 Å². The molecule has 4 rings (SSSR count). The van der Waals surface area contributed by atoms with Crippen LogP contribution in [-0.4, -0.2) is 34.1 Å². The molecule has 1 N–H and O–H groups in total. The van der Waals surface area contributed by atoms with Crippen molar-refractivity contribution in [1.82, 2.24) is 15.1 Å². The molecule has 1 saturated heterocycles. The van der Waals surface area contributed by atoms with Crippen molar-refractivity contribution >= 4 is 17.2 Å². The zero-order valence-electron chi connectivity index (χ0n) is 13.6. The zero-order chi connectivity index (χ0) is 17.3. The molecule has 0 aliphatic carbocycles. The summed E-state index contributed by atoms with van der Waals surface area (Å²) in [5.74, 6) is -0.0268. The average molecular weight is 355 g/mol. The van der Waals surface area contributed by atoms with Crippen molar-refractivity contribution in [2.45, 2.75) is 18.5 Å². The van der Waals surface area contributed by atoms with Gasteiger partial charge in [-0.1, -0.05) is 30.3 Å². The van der Waals surface area contributed by atoms with Crippen LogP contribution in [0.5, 0.6) is 0 Å². The molecule has 1 fully saturated rings. The van der Waals surface area contributed by atoms with Gasteiger partial charge in [0.25, 0.3) is 5.91 Å². The molecule has 0 radical (unpaired) electrons. The van der Waals surface area contributed by atoms with E-state index in [1.165, 1.54) is 11.3 Å². The highest BCUT2D eigenvalue weighted by Gasteiger charge is 2.37. The lowest BCUT2D eigenvalue weighted by atomic mass is 9.86. The van der Waals surface area contributed by atoms with Crippen LogP contribution >= 0.6 is 11.3 Å². The Morgan fingerprint density at radius 2 is 2.00 bits per heavy atom. The van der Waals surface area contributed by atoms with Gasteiger partial charge in [0, 0.05) is 47.9 Å². The van der Waals surface area contributed by atoms with Gasteiger partial charge in [0.2, 0.25) is 0 Å². The van der Waals surface area contributed by atoms with Crippen LogP contribution in [0, 0.1) is 0 Å². The first-order valence-electron chi connectivity index (χ1n) is 8.27. The van der Waals surface area contributed by atoms with E-state index < -0.39 is 5.67 Å². The Hall–Kier alpha value is -2.47. The lowest BCUT2D eigenvalue weighted by Gasteiger charge is -2.36. The quantitative estimate of drug-likeness (QED) is 0.764. The standard InChI is InChI=1S/C19H18FN3OS/c20-19(16-4-2-1-3-5-16)6-8-23(9-7-19)18(24)14-10-17(25-13-14)15-11-21-22-12-15/h1-5,10-13H,6-9H2,(H,21,22). The van der Waals surface area contributed by atoms with E-state index in [1.807, 2.05) is 41.8 Å². The molecule has 3 heterocycles. The van der Waals surface area contributed by atoms with E-state index in [1.54, 1.807) is 17.3 Å². The van der Waals surface area contributed by atoms with Crippen LogP contribution in [0.3, 0.4) is 0 Å². The van der Waals surface area contributed by atoms with Gasteiger partial charge in [0.15, 0.2) is 0 Å². The predicted octanol–water partition coefficient (Wildman–Crippen LogP) is 4.24. The SMILES string of the molecule is O=C(c1csc(-c2cn[nH]c2)c1)N1CCC(F)(c2ccccc2)CC1. The first-order chi connectivity index (χ1) is 12.2. The Balaban J connectivity index is 1.45. The molecule has 1 aromatic carbocycles. The maximum absolute atomic E-state index is 15.2. The lowest BCUT2D eigenvalue weighted by Crippen LogP contribution is -2.43. The van der Waals surface area contributed by atoms with Gasteiger partial charge in [0.05, 0.1) is 11.8 Å². The summed E-state index contributed by atoms with van der Waals surface area (Å²) in [7, 11) is 0. The number of carbonyl (C=O) groups excluding carboxylic acids is 1. The Bertz CT molecular complexity index is 852. The molecule has 6 heteroatoms. The highest BCUT2D eigenvalue weighted by atomic mass is 32.1. The number of aromatic nitrogens is 2. The second-order valence-electron chi connectivity index (χ2n) is 6.31. The minimum absolute atomic E-state index is 0.0268. The Kier molecular flexibility index (Phi) is 4.13. The number of amides is 1. The third-order valence-electron chi connectivity index (χ3n) is 4.76. The first-order valence-corrected chi connectivity index (χ1v) is 9.15. The molecule has 3 aromatic rings. The number of piperidine rings is 1. The topological polar surface area (TPSA) is 49.0 Å². The normalized spacial score (nSPS) is 16.8. The summed E-state index contributed by atoms with van der Waals surface area (Å²) in [5, 5.41) is 8.57. The maximum atomic E-state index is 15.2. The summed E-state index contributed by atoms with van der Waals surface area (Å²) in [5.41, 5.74) is 0.996. The number of hydrogen-bond acceptors (Lipinski definition) is 3. The molecule has 1 aliphatic heterocycles. The number of thiophene rings is 1. The minimum Gasteiger partial charge on any atom is -0.338 e. The number of likely N-dealkylation sites (tertiary alicyclic amines) is 1. The van der Waals surface area contributed by atoms with E-state index in [0.717, 1.165) is 10.4 Å². The minimum atomic E-state index is -1.34. The van der Waals surface area contributed by atoms with Crippen molar-refractivity contribution in [1.29, 1.82) is 0 Å². The number of hydrogen-bond donors (Lipinski definition) is 1. The third-order valence-corrected chi connectivity index (χ3v) is 5.74. The number of aromatic amines is 1. The molecule has 4 nitrogen and oxygen atoms in total. The molecule has 0 bridgehead atoms. The van der Waals surface area contributed by atoms with Gasteiger partial charge < -0.3 is 4.90 Å². The second kappa shape index (κ2) is 6.44. The van der Waals surface area contributed by atoms with Crippen LogP contribution in [0.4, 0.5) is 4.39 Å². The van der Waals surface area contributed by atoms with E-state index in [9.17, 15) is 4.79 Å². The highest BCUT2D eigenvalue weighted by Crippen LogP contribution is 2.37. The predicted molar refractivity (Wildman–Crippen MR) is 96.3 cm³/mol. The number of benzene rings is 1. The van der Waals surface area contributed by atoms with Crippen molar-refractivity contribution in [3.63, 3.8) is 0 Å². The number of rotatable bonds is 3. The van der Waals surface area contributed by atoms with E-state index >= 15 is 4.39 Å². The number of nitrogens with one attached hydrogen (secondary N) is 1. The fourth-order valence-corrected chi connectivity index (χ4v) is 4.12. The first kappa shape index (κ1) is 16.0. The van der Waals surface area contributed by atoms with Crippen molar-refractivity contribution in [2.75, 3.05) is 13.1 Å². The maximum Gasteiger partial charge on any atom is 0.254 e. The molecule has 2 aromatic heterocycles. The van der Waals surface area contributed by atoms with Crippen LogP contribution in [0.1, 0.15) is 28.8 Å². The molecule has 1 amide bonds. The van der Waals surface area contributed by atoms with Crippen LogP contribution < -0.4 is 0 Å². The molecule has 0 unspecified atom stereocenters.